The molecule has 0 aliphatic heterocycles. The molecule has 0 aliphatic carbocycles. The highest BCUT2D eigenvalue weighted by atomic mass is 35.5. The molecule has 0 saturated carbocycles. The highest BCUT2D eigenvalue weighted by Crippen LogP contribution is 2.13. The van der Waals surface area contributed by atoms with Crippen molar-refractivity contribution in [3.05, 3.63) is 48.6 Å². The maximum absolute atomic E-state index is 11.6. The first-order valence-electron chi connectivity index (χ1n) is 11.4. The van der Waals surface area contributed by atoms with Gasteiger partial charge in [0.15, 0.2) is 0 Å². The highest BCUT2D eigenvalue weighted by molar-refractivity contribution is 5.87. The van der Waals surface area contributed by atoms with Crippen LogP contribution in [0.5, 0.6) is 0 Å². The van der Waals surface area contributed by atoms with Gasteiger partial charge in [0, 0.05) is 6.04 Å². The van der Waals surface area contributed by atoms with E-state index in [2.05, 4.69) is 56.3 Å². The van der Waals surface area contributed by atoms with Gasteiger partial charge in [-0.15, -0.1) is 0 Å². The van der Waals surface area contributed by atoms with Crippen LogP contribution in [0.3, 0.4) is 0 Å². The predicted molar refractivity (Wildman–Crippen MR) is 121 cm³/mol. The topological polar surface area (TPSA) is 33.5 Å². The maximum atomic E-state index is 11.6. The first kappa shape index (κ1) is 27.7. The van der Waals surface area contributed by atoms with Gasteiger partial charge in [-0.05, 0) is 43.7 Å². The number of aryl methyl sites for hydroxylation is 1. The Kier molecular flexibility index (Phi) is 17.8. The summed E-state index contributed by atoms with van der Waals surface area (Å²) in [6.07, 6.45) is 16.5. The number of nitrogens with one attached hydrogen (secondary N) is 2. The Morgan fingerprint density at radius 2 is 1.48 bits per heavy atom. The molecule has 29 heavy (non-hydrogen) atoms. The normalized spacial score (nSPS) is 11.7. The van der Waals surface area contributed by atoms with Crippen molar-refractivity contribution in [1.82, 2.24) is 5.32 Å². The fourth-order valence-corrected chi connectivity index (χ4v) is 3.68. The van der Waals surface area contributed by atoms with Crippen molar-refractivity contribution in [3.63, 3.8) is 0 Å². The quantitative estimate of drug-likeness (QED) is 0.288. The van der Waals surface area contributed by atoms with Gasteiger partial charge in [0.05, 0.1) is 20.6 Å². The molecule has 0 aliphatic rings. The molecule has 0 saturated heterocycles. The van der Waals surface area contributed by atoms with E-state index in [4.69, 9.17) is 0 Å². The molecule has 0 radical (unpaired) electrons. The summed E-state index contributed by atoms with van der Waals surface area (Å²) in [5.41, 5.74) is 1.47. The van der Waals surface area contributed by atoms with E-state index in [9.17, 15) is 4.79 Å². The average molecular weight is 423 g/mol. The van der Waals surface area contributed by atoms with Crippen LogP contribution in [0.4, 0.5) is 0 Å². The van der Waals surface area contributed by atoms with Crippen molar-refractivity contribution < 1.29 is 22.1 Å². The molecule has 0 aromatic heterocycles. The molecule has 1 unspecified atom stereocenters. The Morgan fingerprint density at radius 3 is 2.07 bits per heavy atom. The maximum Gasteiger partial charge on any atom is 0.243 e. The Balaban J connectivity index is 0.00000784. The van der Waals surface area contributed by atoms with Gasteiger partial charge in [-0.1, -0.05) is 81.9 Å². The number of hydrogen-bond donors (Lipinski definition) is 2. The highest BCUT2D eigenvalue weighted by Gasteiger charge is 2.11. The van der Waals surface area contributed by atoms with Gasteiger partial charge in [-0.25, -0.2) is 0 Å². The molecule has 1 aromatic rings. The summed E-state index contributed by atoms with van der Waals surface area (Å²) in [7, 11) is 4.36. The number of halogens is 1. The van der Waals surface area contributed by atoms with E-state index in [0.717, 1.165) is 25.8 Å². The number of hydrogen-bond acceptors (Lipinski definition) is 1. The van der Waals surface area contributed by atoms with Crippen LogP contribution >= 0.6 is 0 Å². The van der Waals surface area contributed by atoms with E-state index in [-0.39, 0.29) is 18.3 Å². The number of rotatable bonds is 17. The van der Waals surface area contributed by atoms with Crippen molar-refractivity contribution in [3.8, 4) is 0 Å². The van der Waals surface area contributed by atoms with Crippen LogP contribution in [-0.4, -0.2) is 32.6 Å². The Labute approximate surface area is 185 Å². The summed E-state index contributed by atoms with van der Waals surface area (Å²) >= 11 is 0. The van der Waals surface area contributed by atoms with Crippen LogP contribution in [0.2, 0.25) is 0 Å². The van der Waals surface area contributed by atoms with Gasteiger partial charge in [0.25, 0.3) is 0 Å². The van der Waals surface area contributed by atoms with E-state index in [1.807, 2.05) is 0 Å². The Bertz CT molecular complexity index is 519. The third-order valence-electron chi connectivity index (χ3n) is 5.37. The lowest BCUT2D eigenvalue weighted by molar-refractivity contribution is -0.858. The molecule has 166 valence electrons. The molecule has 0 heterocycles. The standard InChI is InChI=1S/C25H42N2O.ClH/c1-4-25(28)26-24(21-16-22-27(2)3)20-15-10-8-6-5-7-9-12-17-23-18-13-11-14-19-23;/h4,11,13-14,18-19,24H,1,5-10,12,15-17,20-22H2,2-3H3,(H,26,28);1H. The fourth-order valence-electron chi connectivity index (χ4n) is 3.68. The second-order valence-electron chi connectivity index (χ2n) is 8.36. The first-order chi connectivity index (χ1) is 13.6. The van der Waals surface area contributed by atoms with Crippen LogP contribution in [0.15, 0.2) is 43.0 Å². The molecule has 3 nitrogen and oxygen atoms in total. The molecular weight excluding hydrogens is 380 g/mol. The van der Waals surface area contributed by atoms with Gasteiger partial charge >= 0.3 is 0 Å². The molecule has 4 heteroatoms. The van der Waals surface area contributed by atoms with Crippen molar-refractivity contribution in [2.24, 2.45) is 0 Å². The van der Waals surface area contributed by atoms with Gasteiger partial charge in [0.2, 0.25) is 5.91 Å². The first-order valence-corrected chi connectivity index (χ1v) is 11.4. The zero-order valence-corrected chi connectivity index (χ0v) is 19.5. The van der Waals surface area contributed by atoms with E-state index >= 15 is 0 Å². The monoisotopic (exact) mass is 422 g/mol. The second-order valence-corrected chi connectivity index (χ2v) is 8.36. The number of carbonyl (C=O) groups is 1. The number of amides is 1. The number of quaternary nitrogens is 1. The summed E-state index contributed by atoms with van der Waals surface area (Å²) in [6.45, 7) is 4.73. The van der Waals surface area contributed by atoms with Gasteiger partial charge in [-0.3, -0.25) is 4.79 Å². The molecule has 2 N–H and O–H groups in total. The smallest absolute Gasteiger partial charge is 0.243 e. The van der Waals surface area contributed by atoms with E-state index in [1.54, 1.807) is 0 Å². The van der Waals surface area contributed by atoms with Gasteiger partial charge in [-0.2, -0.15) is 0 Å². The fraction of sp³-hybridized carbons (Fsp3) is 0.640. The van der Waals surface area contributed by atoms with Gasteiger partial charge in [0.1, 0.15) is 0 Å². The number of benzene rings is 1. The largest absolute Gasteiger partial charge is 1.00 e. The lowest BCUT2D eigenvalue weighted by Gasteiger charge is -2.18. The zero-order valence-electron chi connectivity index (χ0n) is 18.7. The molecule has 0 fully saturated rings. The summed E-state index contributed by atoms with van der Waals surface area (Å²) in [4.78, 5) is 13.1. The summed E-state index contributed by atoms with van der Waals surface area (Å²) < 4.78 is 0. The van der Waals surface area contributed by atoms with E-state index < -0.39 is 0 Å². The SMILES string of the molecule is C=CC(=O)NC(CCCCCCCCCCc1ccccc1)CCC[NH+](C)C.[Cl-]. The van der Waals surface area contributed by atoms with Crippen molar-refractivity contribution in [1.29, 1.82) is 0 Å². The molecule has 1 aromatic carbocycles. The average Bonchev–Trinajstić information content (AvgIpc) is 2.69. The van der Waals surface area contributed by atoms with Crippen LogP contribution in [0.25, 0.3) is 0 Å². The van der Waals surface area contributed by atoms with Crippen LogP contribution in [0.1, 0.15) is 76.2 Å². The summed E-state index contributed by atoms with van der Waals surface area (Å²) in [5, 5.41) is 3.11. The van der Waals surface area contributed by atoms with E-state index in [0.29, 0.717) is 6.04 Å². The Hall–Kier alpha value is -1.32. The van der Waals surface area contributed by atoms with Crippen molar-refractivity contribution in [2.75, 3.05) is 20.6 Å². The van der Waals surface area contributed by atoms with Crippen LogP contribution < -0.4 is 22.6 Å². The lowest BCUT2D eigenvalue weighted by Crippen LogP contribution is -3.05. The summed E-state index contributed by atoms with van der Waals surface area (Å²) in [5.74, 6) is -0.0299. The minimum Gasteiger partial charge on any atom is -1.00 e. The third-order valence-corrected chi connectivity index (χ3v) is 5.37. The number of carbonyl (C=O) groups excluding carboxylic acids is 1. The number of unbranched alkanes of at least 4 members (excludes halogenated alkanes) is 7. The molecule has 0 spiro atoms. The molecule has 1 amide bonds. The van der Waals surface area contributed by atoms with Gasteiger partial charge < -0.3 is 22.6 Å². The molecule has 1 atom stereocenters. The molecule has 1 rings (SSSR count). The van der Waals surface area contributed by atoms with E-state index in [1.165, 1.54) is 74.3 Å². The third kappa shape index (κ3) is 16.2. The molecular formula is C25H43ClN2O. The van der Waals surface area contributed by atoms with Crippen LogP contribution in [-0.2, 0) is 11.2 Å². The molecule has 0 bridgehead atoms. The zero-order chi connectivity index (χ0) is 20.5. The Morgan fingerprint density at radius 1 is 0.931 bits per heavy atom. The lowest BCUT2D eigenvalue weighted by atomic mass is 10.0. The predicted octanol–water partition coefficient (Wildman–Crippen LogP) is 1.34. The van der Waals surface area contributed by atoms with Crippen LogP contribution in [0, 0.1) is 0 Å². The summed E-state index contributed by atoms with van der Waals surface area (Å²) in [6, 6.07) is 11.1. The van der Waals surface area contributed by atoms with Crippen molar-refractivity contribution >= 4 is 5.91 Å². The minimum atomic E-state index is -0.0299. The van der Waals surface area contributed by atoms with Crippen molar-refractivity contribution in [2.45, 2.75) is 83.1 Å². The minimum absolute atomic E-state index is 0. The second kappa shape index (κ2) is 18.7.